The van der Waals surface area contributed by atoms with Crippen molar-refractivity contribution < 1.29 is 4.55 Å². The highest BCUT2D eigenvalue weighted by molar-refractivity contribution is 7.93. The molecule has 2 aromatic carbocycles. The minimum Gasteiger partial charge on any atom is -0.588 e. The van der Waals surface area contributed by atoms with Gasteiger partial charge in [-0.1, -0.05) is 35.9 Å². The summed E-state index contributed by atoms with van der Waals surface area (Å²) in [5.74, 6) is 0. The van der Waals surface area contributed by atoms with Gasteiger partial charge in [-0.3, -0.25) is 0 Å². The van der Waals surface area contributed by atoms with Gasteiger partial charge in [0.25, 0.3) is 0 Å². The summed E-state index contributed by atoms with van der Waals surface area (Å²) in [5.41, 5.74) is 3.04. The fraction of sp³-hybridized carbons (Fsp3) is 0.143. The first-order valence-electron chi connectivity index (χ1n) is 5.70. The van der Waals surface area contributed by atoms with Crippen molar-refractivity contribution in [3.63, 3.8) is 0 Å². The average molecular weight is 278 g/mol. The average Bonchev–Trinajstić information content (AvgIpc) is 2.68. The van der Waals surface area contributed by atoms with E-state index < -0.39 is 11.4 Å². The van der Waals surface area contributed by atoms with E-state index in [1.165, 1.54) is 0 Å². The molecule has 1 atom stereocenters. The summed E-state index contributed by atoms with van der Waals surface area (Å²) in [4.78, 5) is 0.883. The maximum atomic E-state index is 12.4. The van der Waals surface area contributed by atoms with Crippen LogP contribution in [0.25, 0.3) is 0 Å². The second-order valence-corrected chi connectivity index (χ2v) is 6.13. The number of aryl methyl sites for hydroxylation is 1. The van der Waals surface area contributed by atoms with E-state index >= 15 is 0 Å². The molecule has 0 aliphatic carbocycles. The van der Waals surface area contributed by atoms with Crippen LogP contribution in [0.5, 0.6) is 0 Å². The van der Waals surface area contributed by atoms with Gasteiger partial charge >= 0.3 is 0 Å². The van der Waals surface area contributed by atoms with Crippen LogP contribution in [0.2, 0.25) is 5.02 Å². The Morgan fingerprint density at radius 3 is 2.72 bits per heavy atom. The van der Waals surface area contributed by atoms with Gasteiger partial charge in [-0.2, -0.15) is 4.31 Å². The second-order valence-electron chi connectivity index (χ2n) is 4.35. The van der Waals surface area contributed by atoms with E-state index in [9.17, 15) is 4.55 Å². The van der Waals surface area contributed by atoms with Crippen LogP contribution < -0.4 is 4.31 Å². The first kappa shape index (κ1) is 11.9. The molecule has 0 saturated heterocycles. The Hall–Kier alpha value is -1.16. The molecule has 2 nitrogen and oxygen atoms in total. The van der Waals surface area contributed by atoms with E-state index in [1.807, 2.05) is 53.7 Å². The summed E-state index contributed by atoms with van der Waals surface area (Å²) in [6.45, 7) is 2.64. The van der Waals surface area contributed by atoms with Gasteiger partial charge in [0.1, 0.15) is 17.0 Å². The van der Waals surface area contributed by atoms with E-state index in [1.54, 1.807) is 0 Å². The van der Waals surface area contributed by atoms with Crippen molar-refractivity contribution in [1.82, 2.24) is 0 Å². The molecule has 2 aromatic rings. The highest BCUT2D eigenvalue weighted by Gasteiger charge is 2.34. The Morgan fingerprint density at radius 1 is 1.22 bits per heavy atom. The molecule has 92 valence electrons. The molecule has 0 spiro atoms. The van der Waals surface area contributed by atoms with Crippen LogP contribution in [0.15, 0.2) is 47.4 Å². The molecule has 0 amide bonds. The van der Waals surface area contributed by atoms with Gasteiger partial charge in [-0.05, 0) is 30.7 Å². The zero-order valence-corrected chi connectivity index (χ0v) is 11.5. The summed E-state index contributed by atoms with van der Waals surface area (Å²) in [7, 11) is 0. The van der Waals surface area contributed by atoms with Crippen molar-refractivity contribution in [2.24, 2.45) is 0 Å². The third kappa shape index (κ3) is 1.88. The summed E-state index contributed by atoms with van der Waals surface area (Å²) < 4.78 is 14.3. The Kier molecular flexibility index (Phi) is 2.98. The lowest BCUT2D eigenvalue weighted by atomic mass is 10.2. The van der Waals surface area contributed by atoms with E-state index in [-0.39, 0.29) is 0 Å². The number of rotatable bonds is 1. The molecule has 1 aliphatic rings. The van der Waals surface area contributed by atoms with Crippen LogP contribution in [0.3, 0.4) is 0 Å². The highest BCUT2D eigenvalue weighted by atomic mass is 35.5. The number of anilines is 1. The Morgan fingerprint density at radius 2 is 2.00 bits per heavy atom. The number of nitrogens with zero attached hydrogens (tertiary/aromatic N) is 1. The van der Waals surface area contributed by atoms with E-state index in [4.69, 9.17) is 11.6 Å². The monoisotopic (exact) mass is 277 g/mol. The first-order chi connectivity index (χ1) is 8.66. The Labute approximate surface area is 115 Å². The van der Waals surface area contributed by atoms with Crippen LogP contribution in [-0.2, 0) is 17.9 Å². The molecular formula is C14H12ClNOS. The van der Waals surface area contributed by atoms with Crippen molar-refractivity contribution in [2.75, 3.05) is 4.31 Å². The molecule has 1 aliphatic heterocycles. The normalized spacial score (nSPS) is 17.9. The van der Waals surface area contributed by atoms with Crippen LogP contribution in [0.1, 0.15) is 11.1 Å². The molecule has 0 bridgehead atoms. The summed E-state index contributed by atoms with van der Waals surface area (Å²) in [5, 5.41) is 0.649. The molecule has 4 heteroatoms. The van der Waals surface area contributed by atoms with Gasteiger partial charge in [-0.15, -0.1) is 0 Å². The van der Waals surface area contributed by atoms with Crippen molar-refractivity contribution >= 4 is 28.7 Å². The zero-order valence-electron chi connectivity index (χ0n) is 9.89. The van der Waals surface area contributed by atoms with Gasteiger partial charge in [0.05, 0.1) is 11.6 Å². The van der Waals surface area contributed by atoms with Gasteiger partial charge in [0.2, 0.25) is 0 Å². The number of fused-ring (bicyclic) bond motifs is 1. The molecular weight excluding hydrogens is 266 g/mol. The van der Waals surface area contributed by atoms with E-state index in [0.717, 1.165) is 21.7 Å². The quantitative estimate of drug-likeness (QED) is 0.743. The standard InChI is InChI=1S/C14H12ClNOS/c1-10-6-7-13(12(15)8-10)16-9-11-4-2-3-5-14(11)18(16)17/h2-8H,9H2,1H3. The Bertz CT molecular complexity index is 602. The van der Waals surface area contributed by atoms with Gasteiger partial charge < -0.3 is 4.55 Å². The molecule has 18 heavy (non-hydrogen) atoms. The van der Waals surface area contributed by atoms with Crippen LogP contribution >= 0.6 is 11.6 Å². The third-order valence-electron chi connectivity index (χ3n) is 3.05. The Balaban J connectivity index is 2.01. The zero-order chi connectivity index (χ0) is 12.7. The highest BCUT2D eigenvalue weighted by Crippen LogP contribution is 2.37. The number of hydrogen-bond acceptors (Lipinski definition) is 2. The molecule has 1 unspecified atom stereocenters. The molecule has 0 saturated carbocycles. The van der Waals surface area contributed by atoms with Crippen molar-refractivity contribution in [3.05, 3.63) is 58.6 Å². The van der Waals surface area contributed by atoms with Crippen molar-refractivity contribution in [1.29, 1.82) is 0 Å². The fourth-order valence-electron chi connectivity index (χ4n) is 2.13. The molecule has 1 heterocycles. The predicted molar refractivity (Wildman–Crippen MR) is 75.2 cm³/mol. The third-order valence-corrected chi connectivity index (χ3v) is 4.85. The molecule has 0 N–H and O–H groups in total. The lowest BCUT2D eigenvalue weighted by molar-refractivity contribution is 0.595. The van der Waals surface area contributed by atoms with Gasteiger partial charge in [0.15, 0.2) is 4.90 Å². The van der Waals surface area contributed by atoms with Crippen molar-refractivity contribution in [3.8, 4) is 0 Å². The largest absolute Gasteiger partial charge is 0.588 e. The lowest BCUT2D eigenvalue weighted by Crippen LogP contribution is -2.23. The van der Waals surface area contributed by atoms with Crippen LogP contribution in [0, 0.1) is 6.92 Å². The molecule has 0 fully saturated rings. The topological polar surface area (TPSA) is 26.3 Å². The predicted octanol–water partition coefficient (Wildman–Crippen LogP) is 3.69. The molecule has 3 rings (SSSR count). The molecule has 0 aromatic heterocycles. The minimum absolute atomic E-state index is 0.644. The first-order valence-corrected chi connectivity index (χ1v) is 7.19. The lowest BCUT2D eigenvalue weighted by Gasteiger charge is -2.19. The van der Waals surface area contributed by atoms with Gasteiger partial charge in [0, 0.05) is 5.56 Å². The smallest absolute Gasteiger partial charge is 0.185 e. The fourth-order valence-corrected chi connectivity index (χ4v) is 3.90. The minimum atomic E-state index is -1.15. The maximum Gasteiger partial charge on any atom is 0.185 e. The molecule has 0 radical (unpaired) electrons. The van der Waals surface area contributed by atoms with Crippen LogP contribution in [0.4, 0.5) is 5.69 Å². The SMILES string of the molecule is Cc1ccc(N2Cc3ccccc3[S+]2[O-])c(Cl)c1. The van der Waals surface area contributed by atoms with Gasteiger partial charge in [-0.25, -0.2) is 0 Å². The number of hydrogen-bond donors (Lipinski definition) is 0. The summed E-state index contributed by atoms with van der Waals surface area (Å²) in [6, 6.07) is 13.6. The second kappa shape index (κ2) is 4.50. The van der Waals surface area contributed by atoms with Crippen molar-refractivity contribution in [2.45, 2.75) is 18.4 Å². The van der Waals surface area contributed by atoms with E-state index in [0.29, 0.717) is 11.6 Å². The van der Waals surface area contributed by atoms with E-state index in [2.05, 4.69) is 0 Å². The number of halogens is 1. The summed E-state index contributed by atoms with van der Waals surface area (Å²) >= 11 is 5.09. The maximum absolute atomic E-state index is 12.4. The van der Waals surface area contributed by atoms with Crippen LogP contribution in [-0.4, -0.2) is 4.55 Å². The summed E-state index contributed by atoms with van der Waals surface area (Å²) in [6.07, 6.45) is 0. The number of benzene rings is 2.